The van der Waals surface area contributed by atoms with E-state index in [-0.39, 0.29) is 34.7 Å². The number of quaternary nitrogens is 1. The standard InChI is InChI=1S/C39H55N4O3S.C33H43ClN2O3S.ClH/c1-5-7-19-39(20-8-6-2)30-42(37-27-35(40(3)4)15-18-38(37)47(44,45)31-39)34-13-16-36(17-14-34)46-29-33-11-9-32(10-12-33)28-43-24-21-41(22-25-43)23-26-43;1-5-7-19-33(20-8-6-2)24-36(31-21-29(35(3)4)15-18-32(31)40(37,38)25-33)28-13-16-30(17-14-28)39-23-27-11-9-26(22-34)10-12-27;/h9-18,27H,5-8,19-26,28-31H2,1-4H3;9-18,21H,5-8,19-20,22-25H2,1-4H3;1H/q+1;;/p-1. The van der Waals surface area contributed by atoms with Crippen molar-refractivity contribution in [2.24, 2.45) is 10.8 Å². The molecule has 0 N–H and O–H groups in total. The summed E-state index contributed by atoms with van der Waals surface area (Å²) in [7, 11) is 1.02. The molecular weight excluding hydrogens is 1180 g/mol. The summed E-state index contributed by atoms with van der Waals surface area (Å²) < 4.78 is 69.6. The molecule has 0 saturated carbocycles. The van der Waals surface area contributed by atoms with Crippen molar-refractivity contribution in [1.82, 2.24) is 4.90 Å². The van der Waals surface area contributed by atoms with Crippen LogP contribution < -0.4 is 41.5 Å². The van der Waals surface area contributed by atoms with E-state index in [1.54, 1.807) is 6.07 Å². The van der Waals surface area contributed by atoms with Crippen molar-refractivity contribution in [3.63, 3.8) is 0 Å². The fourth-order valence-corrected chi connectivity index (χ4v) is 17.9. The third-order valence-corrected chi connectivity index (χ3v) is 23.2. The zero-order valence-electron chi connectivity index (χ0n) is 53.8. The van der Waals surface area contributed by atoms with Crippen LogP contribution in [-0.4, -0.2) is 118 Å². The lowest BCUT2D eigenvalue weighted by Gasteiger charge is -2.50. The molecule has 3 saturated heterocycles. The van der Waals surface area contributed by atoms with Gasteiger partial charge in [0.2, 0.25) is 0 Å². The molecule has 11 rings (SSSR count). The Kier molecular flexibility index (Phi) is 23.8. The van der Waals surface area contributed by atoms with Crippen LogP contribution in [0.1, 0.15) is 127 Å². The fraction of sp³-hybridized carbons (Fsp3) is 0.500. The number of fused-ring (bicyclic) bond motifs is 5. The first-order valence-electron chi connectivity index (χ1n) is 32.2. The van der Waals surface area contributed by atoms with Gasteiger partial charge in [-0.05, 0) is 127 Å². The monoisotopic (exact) mass is 1280 g/mol. The van der Waals surface area contributed by atoms with Gasteiger partial charge in [-0.25, -0.2) is 16.8 Å². The number of halogens is 2. The third kappa shape index (κ3) is 16.9. The minimum Gasteiger partial charge on any atom is -1.00 e. The zero-order valence-corrected chi connectivity index (χ0v) is 56.9. The summed E-state index contributed by atoms with van der Waals surface area (Å²) in [5.41, 5.74) is 9.61. The molecule has 0 spiro atoms. The van der Waals surface area contributed by atoms with Gasteiger partial charge >= 0.3 is 0 Å². The molecule has 0 aliphatic carbocycles. The molecule has 16 heteroatoms. The van der Waals surface area contributed by atoms with Gasteiger partial charge in [0.1, 0.15) is 31.3 Å². The van der Waals surface area contributed by atoms with E-state index in [2.05, 4.69) is 90.9 Å². The van der Waals surface area contributed by atoms with Crippen LogP contribution in [0, 0.1) is 10.8 Å². The number of piperazine rings is 3. The lowest BCUT2D eigenvalue weighted by atomic mass is 9.79. The van der Waals surface area contributed by atoms with Crippen molar-refractivity contribution >= 4 is 65.4 Å². The van der Waals surface area contributed by atoms with Gasteiger partial charge in [0.05, 0.1) is 52.3 Å². The van der Waals surface area contributed by atoms with E-state index < -0.39 is 19.7 Å². The van der Waals surface area contributed by atoms with Gasteiger partial charge < -0.3 is 46.0 Å². The number of alkyl halides is 1. The molecule has 5 heterocycles. The Balaban J connectivity index is 0.000000228. The maximum atomic E-state index is 14.1. The number of nitrogens with zero attached hydrogens (tertiary/aromatic N) is 6. The van der Waals surface area contributed by atoms with Crippen LogP contribution in [0.25, 0.3) is 0 Å². The van der Waals surface area contributed by atoms with Crippen LogP contribution in [0.2, 0.25) is 0 Å². The van der Waals surface area contributed by atoms with E-state index >= 15 is 0 Å². The maximum Gasteiger partial charge on any atom is 0.181 e. The predicted octanol–water partition coefficient (Wildman–Crippen LogP) is 12.6. The largest absolute Gasteiger partial charge is 1.00 e. The highest BCUT2D eigenvalue weighted by Crippen LogP contribution is 2.48. The molecule has 0 amide bonds. The number of benzene rings is 6. The van der Waals surface area contributed by atoms with Crippen LogP contribution in [0.3, 0.4) is 0 Å². The van der Waals surface area contributed by atoms with Crippen molar-refractivity contribution in [3.05, 3.63) is 156 Å². The number of hydrogen-bond acceptors (Lipinski definition) is 11. The molecule has 5 aliphatic rings. The normalized spacial score (nSPS) is 19.4. The molecule has 0 radical (unpaired) electrons. The van der Waals surface area contributed by atoms with Crippen molar-refractivity contribution in [2.75, 3.05) is 112 Å². The second-order valence-corrected chi connectivity index (χ2v) is 30.2. The molecular formula is C72H98Cl2N6O6S2. The van der Waals surface area contributed by atoms with Gasteiger partial charge in [-0.3, -0.25) is 4.90 Å². The summed E-state index contributed by atoms with van der Waals surface area (Å²) >= 11 is 5.91. The highest BCUT2D eigenvalue weighted by Gasteiger charge is 2.44. The molecule has 12 nitrogen and oxygen atoms in total. The highest BCUT2D eigenvalue weighted by molar-refractivity contribution is 7.92. The van der Waals surface area contributed by atoms with Crippen LogP contribution in [0.4, 0.5) is 34.1 Å². The van der Waals surface area contributed by atoms with Crippen molar-refractivity contribution in [2.45, 2.75) is 140 Å². The molecule has 6 aromatic rings. The Morgan fingerprint density at radius 1 is 0.489 bits per heavy atom. The number of unbranched alkanes of at least 4 members (excludes halogenated alkanes) is 4. The van der Waals surface area contributed by atoms with E-state index in [1.807, 2.05) is 117 Å². The van der Waals surface area contributed by atoms with E-state index in [1.165, 1.54) is 54.9 Å². The topological polar surface area (TPSA) is 103 Å². The quantitative estimate of drug-likeness (QED) is 0.0404. The first-order valence-corrected chi connectivity index (χ1v) is 36.1. The van der Waals surface area contributed by atoms with Crippen molar-refractivity contribution in [3.8, 4) is 11.5 Å². The van der Waals surface area contributed by atoms with Crippen LogP contribution in [0.5, 0.6) is 11.5 Å². The molecule has 0 unspecified atom stereocenters. The molecule has 88 heavy (non-hydrogen) atoms. The Bertz CT molecular complexity index is 3380. The lowest BCUT2D eigenvalue weighted by Crippen LogP contribution is -3.00. The predicted molar refractivity (Wildman–Crippen MR) is 362 cm³/mol. The SMILES string of the molecule is CCCCC1(CCCC)CN(c2ccc(OCc3ccc(CCl)cc3)cc2)c2cc(N(C)C)ccc2S(=O)(=O)C1.CCCCC1(CCCC)CN(c2ccc(OCc3ccc(C[N+]45CCN(CC4)CC5)cc3)cc2)c2cc(N(C)C)ccc2S(=O)(=O)C1.[Cl-]. The number of ether oxygens (including phenoxy) is 2. The Hall–Kier alpha value is -5.48. The minimum absolute atomic E-state index is 0. The number of sulfone groups is 2. The summed E-state index contributed by atoms with van der Waals surface area (Å²) in [6.45, 7) is 19.8. The highest BCUT2D eigenvalue weighted by atomic mass is 35.5. The molecule has 5 aliphatic heterocycles. The van der Waals surface area contributed by atoms with E-state index in [4.69, 9.17) is 21.1 Å². The van der Waals surface area contributed by atoms with Crippen LogP contribution in [-0.2, 0) is 45.3 Å². The summed E-state index contributed by atoms with van der Waals surface area (Å²) in [4.78, 5) is 12.0. The summed E-state index contributed by atoms with van der Waals surface area (Å²) in [6.07, 6.45) is 11.9. The van der Waals surface area contributed by atoms with Crippen LogP contribution >= 0.6 is 11.6 Å². The third-order valence-electron chi connectivity index (χ3n) is 18.9. The van der Waals surface area contributed by atoms with Gasteiger partial charge in [0, 0.05) is 106 Å². The fourth-order valence-electron chi connectivity index (χ4n) is 13.5. The van der Waals surface area contributed by atoms with E-state index in [9.17, 15) is 16.8 Å². The van der Waals surface area contributed by atoms with Gasteiger partial charge in [-0.2, -0.15) is 0 Å². The Morgan fingerprint density at radius 2 is 0.841 bits per heavy atom. The molecule has 0 aromatic heterocycles. The van der Waals surface area contributed by atoms with E-state index in [0.717, 1.165) is 140 Å². The maximum absolute atomic E-state index is 14.1. The molecule has 478 valence electrons. The smallest absolute Gasteiger partial charge is 0.181 e. The van der Waals surface area contributed by atoms with Gasteiger partial charge in [-0.1, -0.05) is 128 Å². The molecule has 3 fully saturated rings. The minimum atomic E-state index is -3.48. The number of hydrogen-bond donors (Lipinski definition) is 0. The second-order valence-electron chi connectivity index (χ2n) is 26.0. The average Bonchev–Trinajstić information content (AvgIpc) is 2.21. The number of rotatable bonds is 25. The van der Waals surface area contributed by atoms with E-state index in [0.29, 0.717) is 42.0 Å². The molecule has 0 atom stereocenters. The summed E-state index contributed by atoms with van der Waals surface area (Å²) in [5, 5.41) is 0. The Labute approximate surface area is 540 Å². The Morgan fingerprint density at radius 3 is 1.18 bits per heavy atom. The summed E-state index contributed by atoms with van der Waals surface area (Å²) in [6, 6.07) is 45.0. The van der Waals surface area contributed by atoms with Crippen molar-refractivity contribution in [1.29, 1.82) is 0 Å². The first-order chi connectivity index (χ1) is 41.8. The van der Waals surface area contributed by atoms with Crippen LogP contribution in [0.15, 0.2) is 143 Å². The van der Waals surface area contributed by atoms with Gasteiger partial charge in [0.25, 0.3) is 0 Å². The van der Waals surface area contributed by atoms with Gasteiger partial charge in [0.15, 0.2) is 19.7 Å². The molecule has 2 bridgehead atoms. The van der Waals surface area contributed by atoms with Crippen molar-refractivity contribution < 1.29 is 43.2 Å². The zero-order chi connectivity index (χ0) is 61.8. The average molecular weight is 1280 g/mol. The summed E-state index contributed by atoms with van der Waals surface area (Å²) in [5.74, 6) is 2.48. The lowest BCUT2D eigenvalue weighted by molar-refractivity contribution is -0.953. The molecule has 6 aromatic carbocycles. The number of anilines is 6. The first kappa shape index (κ1) is 68.4. The van der Waals surface area contributed by atoms with Gasteiger partial charge in [-0.15, -0.1) is 11.6 Å². The second kappa shape index (κ2) is 30.6.